The SMILES string of the molecule is O=C(NCCc1nc(-c2ccco2)n[nH]1)Nc1c(F)cccc1Oc1ccccc1. The number of anilines is 1. The third-order valence-corrected chi connectivity index (χ3v) is 4.11. The smallest absolute Gasteiger partial charge is 0.319 e. The lowest BCUT2D eigenvalue weighted by atomic mass is 10.2. The van der Waals surface area contributed by atoms with E-state index in [-0.39, 0.29) is 18.0 Å². The third-order valence-electron chi connectivity index (χ3n) is 4.11. The van der Waals surface area contributed by atoms with Gasteiger partial charge in [-0.25, -0.2) is 14.2 Å². The zero-order chi connectivity index (χ0) is 20.8. The molecular weight excluding hydrogens is 389 g/mol. The Bertz CT molecular complexity index is 1110. The van der Waals surface area contributed by atoms with Crippen LogP contribution in [0.15, 0.2) is 71.3 Å². The Hall–Kier alpha value is -4.14. The van der Waals surface area contributed by atoms with Crippen molar-refractivity contribution in [1.29, 1.82) is 0 Å². The molecule has 0 saturated heterocycles. The van der Waals surface area contributed by atoms with Crippen molar-refractivity contribution >= 4 is 11.7 Å². The van der Waals surface area contributed by atoms with Crippen LogP contribution in [0.3, 0.4) is 0 Å². The van der Waals surface area contributed by atoms with E-state index in [0.717, 1.165) is 0 Å². The largest absolute Gasteiger partial charge is 0.461 e. The van der Waals surface area contributed by atoms with Crippen LogP contribution in [0.25, 0.3) is 11.6 Å². The van der Waals surface area contributed by atoms with E-state index in [0.29, 0.717) is 29.6 Å². The van der Waals surface area contributed by atoms with Gasteiger partial charge in [0.1, 0.15) is 17.3 Å². The maximum absolute atomic E-state index is 14.3. The molecule has 0 aliphatic heterocycles. The van der Waals surface area contributed by atoms with Crippen molar-refractivity contribution in [1.82, 2.24) is 20.5 Å². The first-order valence-corrected chi connectivity index (χ1v) is 9.20. The lowest BCUT2D eigenvalue weighted by molar-refractivity contribution is 0.252. The van der Waals surface area contributed by atoms with E-state index in [1.54, 1.807) is 42.5 Å². The number of furan rings is 1. The molecule has 0 aliphatic carbocycles. The number of halogens is 1. The highest BCUT2D eigenvalue weighted by atomic mass is 19.1. The molecule has 9 heteroatoms. The maximum atomic E-state index is 14.3. The highest BCUT2D eigenvalue weighted by Gasteiger charge is 2.14. The number of urea groups is 1. The average molecular weight is 407 g/mol. The summed E-state index contributed by atoms with van der Waals surface area (Å²) in [5, 5.41) is 12.0. The van der Waals surface area contributed by atoms with Crippen LogP contribution in [0, 0.1) is 5.82 Å². The summed E-state index contributed by atoms with van der Waals surface area (Å²) in [5.74, 6) is 1.71. The number of aromatic amines is 1. The molecule has 0 saturated carbocycles. The molecule has 2 aromatic heterocycles. The van der Waals surface area contributed by atoms with Gasteiger partial charge in [0, 0.05) is 13.0 Å². The minimum Gasteiger partial charge on any atom is -0.461 e. The summed E-state index contributed by atoms with van der Waals surface area (Å²) in [6, 6.07) is 16.2. The normalized spacial score (nSPS) is 10.6. The number of aromatic nitrogens is 3. The van der Waals surface area contributed by atoms with Gasteiger partial charge in [0.25, 0.3) is 0 Å². The second-order valence-corrected chi connectivity index (χ2v) is 6.24. The molecule has 0 aliphatic rings. The number of benzene rings is 2. The lowest BCUT2D eigenvalue weighted by Gasteiger charge is -2.13. The van der Waals surface area contributed by atoms with Gasteiger partial charge in [0.15, 0.2) is 17.3 Å². The predicted octanol–water partition coefficient (Wildman–Crippen LogP) is 4.36. The Morgan fingerprint density at radius 3 is 2.77 bits per heavy atom. The number of nitrogens with zero attached hydrogens (tertiary/aromatic N) is 2. The summed E-state index contributed by atoms with van der Waals surface area (Å²) in [5.41, 5.74) is -0.0429. The summed E-state index contributed by atoms with van der Waals surface area (Å²) in [7, 11) is 0. The highest BCUT2D eigenvalue weighted by molar-refractivity contribution is 5.91. The van der Waals surface area contributed by atoms with Crippen LogP contribution in [0.5, 0.6) is 11.5 Å². The molecule has 30 heavy (non-hydrogen) atoms. The minimum atomic E-state index is -0.600. The molecule has 8 nitrogen and oxygen atoms in total. The number of carbonyl (C=O) groups is 1. The molecule has 2 aromatic carbocycles. The molecule has 0 spiro atoms. The number of hydrogen-bond acceptors (Lipinski definition) is 5. The van der Waals surface area contributed by atoms with Crippen molar-refractivity contribution in [2.45, 2.75) is 6.42 Å². The van der Waals surface area contributed by atoms with E-state index in [4.69, 9.17) is 9.15 Å². The fraction of sp³-hybridized carbons (Fsp3) is 0.0952. The Morgan fingerprint density at radius 2 is 1.97 bits per heavy atom. The third kappa shape index (κ3) is 4.64. The molecular formula is C21H18FN5O3. The summed E-state index contributed by atoms with van der Waals surface area (Å²) >= 11 is 0. The second-order valence-electron chi connectivity index (χ2n) is 6.24. The van der Waals surface area contributed by atoms with Gasteiger partial charge in [0.05, 0.1) is 6.26 Å². The molecule has 2 heterocycles. The Kier molecular flexibility index (Phi) is 5.70. The first-order chi connectivity index (χ1) is 14.7. The predicted molar refractivity (Wildman–Crippen MR) is 108 cm³/mol. The van der Waals surface area contributed by atoms with Crippen molar-refractivity contribution < 1.29 is 18.3 Å². The molecule has 3 N–H and O–H groups in total. The number of hydrogen-bond donors (Lipinski definition) is 3. The van der Waals surface area contributed by atoms with Gasteiger partial charge in [-0.3, -0.25) is 5.10 Å². The summed E-state index contributed by atoms with van der Waals surface area (Å²) in [4.78, 5) is 16.5. The van der Waals surface area contributed by atoms with Crippen molar-refractivity contribution in [3.8, 4) is 23.1 Å². The Balaban J connectivity index is 1.34. The number of carbonyl (C=O) groups excluding carboxylic acids is 1. The van der Waals surface area contributed by atoms with E-state index >= 15 is 0 Å². The molecule has 2 amide bonds. The fourth-order valence-corrected chi connectivity index (χ4v) is 2.70. The van der Waals surface area contributed by atoms with Crippen LogP contribution < -0.4 is 15.4 Å². The molecule has 0 fully saturated rings. The maximum Gasteiger partial charge on any atom is 0.319 e. The first kappa shape index (κ1) is 19.2. The van der Waals surface area contributed by atoms with Gasteiger partial charge in [-0.2, -0.15) is 5.10 Å². The van der Waals surface area contributed by atoms with Crippen LogP contribution >= 0.6 is 0 Å². The lowest BCUT2D eigenvalue weighted by Crippen LogP contribution is -2.31. The number of para-hydroxylation sites is 2. The van der Waals surface area contributed by atoms with Crippen LogP contribution in [0.4, 0.5) is 14.9 Å². The minimum absolute atomic E-state index is 0.0429. The summed E-state index contributed by atoms with van der Waals surface area (Å²) < 4.78 is 25.2. The van der Waals surface area contributed by atoms with E-state index in [9.17, 15) is 9.18 Å². The summed E-state index contributed by atoms with van der Waals surface area (Å²) in [6.07, 6.45) is 1.95. The van der Waals surface area contributed by atoms with Gasteiger partial charge < -0.3 is 19.8 Å². The van der Waals surface area contributed by atoms with Gasteiger partial charge in [-0.1, -0.05) is 24.3 Å². The van der Waals surface area contributed by atoms with Crippen molar-refractivity contribution in [3.05, 3.63) is 78.6 Å². The van der Waals surface area contributed by atoms with Crippen LogP contribution in [-0.2, 0) is 6.42 Å². The van der Waals surface area contributed by atoms with Gasteiger partial charge in [0.2, 0.25) is 5.82 Å². The number of nitrogens with one attached hydrogen (secondary N) is 3. The summed E-state index contributed by atoms with van der Waals surface area (Å²) in [6.45, 7) is 0.266. The Morgan fingerprint density at radius 1 is 1.10 bits per heavy atom. The zero-order valence-corrected chi connectivity index (χ0v) is 15.8. The zero-order valence-electron chi connectivity index (χ0n) is 15.8. The number of H-pyrrole nitrogens is 1. The molecule has 0 atom stereocenters. The van der Waals surface area contributed by atoms with Crippen molar-refractivity contribution in [2.75, 3.05) is 11.9 Å². The molecule has 0 bridgehead atoms. The highest BCUT2D eigenvalue weighted by Crippen LogP contribution is 2.31. The second kappa shape index (κ2) is 8.91. The fourth-order valence-electron chi connectivity index (χ4n) is 2.70. The number of amides is 2. The van der Waals surface area contributed by atoms with Crippen LogP contribution in [0.1, 0.15) is 5.82 Å². The van der Waals surface area contributed by atoms with Crippen molar-refractivity contribution in [2.24, 2.45) is 0 Å². The topological polar surface area (TPSA) is 105 Å². The van der Waals surface area contributed by atoms with Crippen LogP contribution in [-0.4, -0.2) is 27.8 Å². The molecule has 4 aromatic rings. The van der Waals surface area contributed by atoms with Crippen LogP contribution in [0.2, 0.25) is 0 Å². The van der Waals surface area contributed by atoms with E-state index in [2.05, 4.69) is 25.8 Å². The number of ether oxygens (including phenoxy) is 1. The van der Waals surface area contributed by atoms with Gasteiger partial charge in [-0.15, -0.1) is 0 Å². The van der Waals surface area contributed by atoms with Gasteiger partial charge in [-0.05, 0) is 36.4 Å². The number of rotatable bonds is 7. The molecule has 152 valence electrons. The quantitative estimate of drug-likeness (QED) is 0.422. The monoisotopic (exact) mass is 407 g/mol. The van der Waals surface area contributed by atoms with Crippen molar-refractivity contribution in [3.63, 3.8) is 0 Å². The Labute approximate surface area is 171 Å². The van der Waals surface area contributed by atoms with E-state index in [1.807, 2.05) is 6.07 Å². The van der Waals surface area contributed by atoms with E-state index < -0.39 is 11.8 Å². The average Bonchev–Trinajstić information content (AvgIpc) is 3.43. The molecule has 0 radical (unpaired) electrons. The molecule has 4 rings (SSSR count). The van der Waals surface area contributed by atoms with E-state index in [1.165, 1.54) is 18.4 Å². The van der Waals surface area contributed by atoms with Gasteiger partial charge >= 0.3 is 6.03 Å². The molecule has 0 unspecified atom stereocenters. The first-order valence-electron chi connectivity index (χ1n) is 9.20. The standard InChI is InChI=1S/C21H18FN5O3/c22-15-8-4-9-16(30-14-6-2-1-3-7-14)19(15)25-21(28)23-12-11-18-24-20(27-26-18)17-10-5-13-29-17/h1-10,13H,11-12H2,(H2,23,25,28)(H,24,26,27).